The zero-order valence-electron chi connectivity index (χ0n) is 17.8. The third-order valence-corrected chi connectivity index (χ3v) is 4.54. The van der Waals surface area contributed by atoms with Gasteiger partial charge in [-0.05, 0) is 54.6 Å². The number of amides is 3. The van der Waals surface area contributed by atoms with Gasteiger partial charge in [-0.3, -0.25) is 4.79 Å². The monoisotopic (exact) mass is 473 g/mol. The van der Waals surface area contributed by atoms with Gasteiger partial charge in [0.1, 0.15) is 18.5 Å². The second-order valence-electron chi connectivity index (χ2n) is 7.22. The van der Waals surface area contributed by atoms with Gasteiger partial charge >= 0.3 is 12.2 Å². The minimum absolute atomic E-state index is 0.0420. The first-order valence-electron chi connectivity index (χ1n) is 10.2. The third-order valence-electron chi connectivity index (χ3n) is 4.54. The number of alkyl halides is 3. The van der Waals surface area contributed by atoms with Crippen molar-refractivity contribution in [3.63, 3.8) is 0 Å². The highest BCUT2D eigenvalue weighted by molar-refractivity contribution is 6.00. The molecule has 3 amide bonds. The molecular weight excluding hydrogens is 451 g/mol. The lowest BCUT2D eigenvalue weighted by molar-refractivity contribution is -0.137. The number of benzene rings is 3. The van der Waals surface area contributed by atoms with Crippen molar-refractivity contribution in [3.05, 3.63) is 90.0 Å². The molecule has 0 heterocycles. The molecule has 4 N–H and O–H groups in total. The molecule has 0 aliphatic rings. The number of aliphatic hydroxyl groups excluding tert-OH is 1. The minimum atomic E-state index is -4.50. The Morgan fingerprint density at radius 2 is 1.53 bits per heavy atom. The summed E-state index contributed by atoms with van der Waals surface area (Å²) in [4.78, 5) is 24.3. The summed E-state index contributed by atoms with van der Waals surface area (Å²) in [7, 11) is 0. The average Bonchev–Trinajstić information content (AvgIpc) is 2.82. The molecule has 0 bridgehead atoms. The van der Waals surface area contributed by atoms with Crippen molar-refractivity contribution < 1.29 is 32.6 Å². The minimum Gasteiger partial charge on any atom is -0.491 e. The van der Waals surface area contributed by atoms with Crippen LogP contribution in [0.25, 0.3) is 0 Å². The van der Waals surface area contributed by atoms with E-state index < -0.39 is 29.8 Å². The molecule has 3 rings (SSSR count). The summed E-state index contributed by atoms with van der Waals surface area (Å²) in [5.41, 5.74) is 0.536. The number of carbonyl (C=O) groups is 2. The van der Waals surface area contributed by atoms with Crippen molar-refractivity contribution in [3.8, 4) is 5.75 Å². The van der Waals surface area contributed by atoms with E-state index in [4.69, 9.17) is 4.74 Å². The van der Waals surface area contributed by atoms with E-state index in [0.717, 1.165) is 12.1 Å². The zero-order chi connectivity index (χ0) is 24.6. The molecule has 0 aliphatic carbocycles. The lowest BCUT2D eigenvalue weighted by atomic mass is 10.2. The molecule has 0 saturated carbocycles. The van der Waals surface area contributed by atoms with Crippen molar-refractivity contribution in [1.29, 1.82) is 0 Å². The van der Waals surface area contributed by atoms with Crippen molar-refractivity contribution in [2.75, 3.05) is 23.8 Å². The van der Waals surface area contributed by atoms with Gasteiger partial charge in [0.2, 0.25) is 0 Å². The largest absolute Gasteiger partial charge is 0.491 e. The fourth-order valence-electron chi connectivity index (χ4n) is 2.85. The van der Waals surface area contributed by atoms with Crippen LogP contribution in [0.3, 0.4) is 0 Å². The van der Waals surface area contributed by atoms with Gasteiger partial charge in [-0.15, -0.1) is 0 Å². The number of rotatable bonds is 8. The van der Waals surface area contributed by atoms with Gasteiger partial charge < -0.3 is 25.8 Å². The molecule has 3 aromatic carbocycles. The first-order chi connectivity index (χ1) is 16.2. The first-order valence-corrected chi connectivity index (χ1v) is 10.2. The molecule has 7 nitrogen and oxygen atoms in total. The molecule has 1 unspecified atom stereocenters. The summed E-state index contributed by atoms with van der Waals surface area (Å²) in [6.07, 6.45) is -5.64. The summed E-state index contributed by atoms with van der Waals surface area (Å²) in [6.45, 7) is -0.474. The van der Waals surface area contributed by atoms with Crippen molar-refractivity contribution in [1.82, 2.24) is 5.32 Å². The smallest absolute Gasteiger partial charge is 0.416 e. The molecule has 3 aromatic rings. The summed E-state index contributed by atoms with van der Waals surface area (Å²) >= 11 is 0. The number of carbonyl (C=O) groups excluding carboxylic acids is 2. The molecule has 0 fully saturated rings. The number of aliphatic hydroxyl groups is 1. The highest BCUT2D eigenvalue weighted by Gasteiger charge is 2.30. The van der Waals surface area contributed by atoms with Crippen LogP contribution in [0.15, 0.2) is 78.9 Å². The van der Waals surface area contributed by atoms with Gasteiger partial charge in [0, 0.05) is 23.5 Å². The van der Waals surface area contributed by atoms with E-state index in [9.17, 15) is 27.9 Å². The van der Waals surface area contributed by atoms with Crippen LogP contribution in [0, 0.1) is 0 Å². The average molecular weight is 473 g/mol. The third kappa shape index (κ3) is 7.52. The van der Waals surface area contributed by atoms with E-state index in [-0.39, 0.29) is 18.9 Å². The Morgan fingerprint density at radius 3 is 2.18 bits per heavy atom. The predicted molar refractivity (Wildman–Crippen MR) is 121 cm³/mol. The van der Waals surface area contributed by atoms with Gasteiger partial charge in [0.15, 0.2) is 0 Å². The number of para-hydroxylation sites is 1. The maximum atomic E-state index is 12.7. The van der Waals surface area contributed by atoms with Crippen LogP contribution in [0.1, 0.15) is 15.9 Å². The topological polar surface area (TPSA) is 99.7 Å². The fraction of sp³-hybridized carbons (Fsp3) is 0.167. The molecule has 1 atom stereocenters. The maximum absolute atomic E-state index is 12.7. The van der Waals surface area contributed by atoms with Gasteiger partial charge in [-0.25, -0.2) is 4.79 Å². The van der Waals surface area contributed by atoms with Gasteiger partial charge in [-0.2, -0.15) is 13.2 Å². The summed E-state index contributed by atoms with van der Waals surface area (Å²) < 4.78 is 43.4. The molecule has 34 heavy (non-hydrogen) atoms. The highest BCUT2D eigenvalue weighted by Crippen LogP contribution is 2.31. The number of hydrogen-bond acceptors (Lipinski definition) is 4. The molecule has 10 heteroatoms. The Bertz CT molecular complexity index is 1110. The predicted octanol–water partition coefficient (Wildman–Crippen LogP) is 4.52. The van der Waals surface area contributed by atoms with Gasteiger partial charge in [0.05, 0.1) is 5.56 Å². The highest BCUT2D eigenvalue weighted by atomic mass is 19.4. The van der Waals surface area contributed by atoms with Crippen molar-refractivity contribution in [2.24, 2.45) is 0 Å². The molecule has 0 spiro atoms. The van der Waals surface area contributed by atoms with Crippen molar-refractivity contribution in [2.45, 2.75) is 12.3 Å². The van der Waals surface area contributed by atoms with E-state index in [1.807, 2.05) is 6.07 Å². The lowest BCUT2D eigenvalue weighted by Gasteiger charge is -2.14. The van der Waals surface area contributed by atoms with E-state index in [0.29, 0.717) is 16.9 Å². The summed E-state index contributed by atoms with van der Waals surface area (Å²) in [5.74, 6) is -0.516. The van der Waals surface area contributed by atoms with E-state index in [1.165, 1.54) is 24.3 Å². The van der Waals surface area contributed by atoms with Crippen LogP contribution >= 0.6 is 0 Å². The van der Waals surface area contributed by atoms with E-state index >= 15 is 0 Å². The number of halogens is 3. The number of nitrogens with one attached hydrogen (secondary N) is 3. The first kappa shape index (κ1) is 24.6. The SMILES string of the molecule is O=C(Nc1ccccc1)Nc1ccc(C(=O)NCC(O)COc2cccc(C(F)(F)F)c2)cc1. The standard InChI is InChI=1S/C24H22F3N3O4/c25-24(26,27)17-5-4-8-21(13-17)34-15-20(31)14-28-22(32)16-9-11-19(12-10-16)30-23(33)29-18-6-2-1-3-7-18/h1-13,20,31H,14-15H2,(H,28,32)(H2,29,30,33). The number of ether oxygens (including phenoxy) is 1. The van der Waals surface area contributed by atoms with Crippen LogP contribution < -0.4 is 20.7 Å². The van der Waals surface area contributed by atoms with E-state index in [2.05, 4.69) is 16.0 Å². The van der Waals surface area contributed by atoms with Crippen LogP contribution in [0.5, 0.6) is 5.75 Å². The Morgan fingerprint density at radius 1 is 0.882 bits per heavy atom. The van der Waals surface area contributed by atoms with Crippen LogP contribution in [-0.4, -0.2) is 36.3 Å². The second-order valence-corrected chi connectivity index (χ2v) is 7.22. The molecule has 178 valence electrons. The van der Waals surface area contributed by atoms with Crippen LogP contribution in [0.2, 0.25) is 0 Å². The normalized spacial score (nSPS) is 11.9. The quantitative estimate of drug-likeness (QED) is 0.387. The Kier molecular flexibility index (Phi) is 8.10. The Labute approximate surface area is 193 Å². The van der Waals surface area contributed by atoms with Crippen molar-refractivity contribution >= 4 is 23.3 Å². The molecular formula is C24H22F3N3O4. The molecule has 0 radical (unpaired) electrons. The second kappa shape index (κ2) is 11.2. The fourth-order valence-corrected chi connectivity index (χ4v) is 2.85. The lowest BCUT2D eigenvalue weighted by Crippen LogP contribution is -2.35. The zero-order valence-corrected chi connectivity index (χ0v) is 17.8. The number of hydrogen-bond donors (Lipinski definition) is 4. The Hall–Kier alpha value is -4.05. The summed E-state index contributed by atoms with van der Waals surface area (Å²) in [6, 6.07) is 18.8. The van der Waals surface area contributed by atoms with Crippen LogP contribution in [-0.2, 0) is 6.18 Å². The molecule has 0 aliphatic heterocycles. The Balaban J connectivity index is 1.43. The maximum Gasteiger partial charge on any atom is 0.416 e. The van der Waals surface area contributed by atoms with Gasteiger partial charge in [0.25, 0.3) is 5.91 Å². The number of urea groups is 1. The van der Waals surface area contributed by atoms with Crippen LogP contribution in [0.4, 0.5) is 29.3 Å². The number of anilines is 2. The van der Waals surface area contributed by atoms with Gasteiger partial charge in [-0.1, -0.05) is 24.3 Å². The summed E-state index contributed by atoms with van der Waals surface area (Å²) in [5, 5.41) is 17.8. The molecule has 0 saturated heterocycles. The van der Waals surface area contributed by atoms with E-state index in [1.54, 1.807) is 36.4 Å². The molecule has 0 aromatic heterocycles.